The lowest BCUT2D eigenvalue weighted by Crippen LogP contribution is -2.04. The normalized spacial score (nSPS) is 11.8. The Morgan fingerprint density at radius 3 is 0.871 bits per heavy atom. The third kappa shape index (κ3) is 12.6. The molecule has 0 N–H and O–H groups in total. The summed E-state index contributed by atoms with van der Waals surface area (Å²) < 4.78 is 14.6. The van der Waals surface area contributed by atoms with E-state index < -0.39 is 0 Å². The molecule has 132 heavy (non-hydrogen) atoms. The van der Waals surface area contributed by atoms with Gasteiger partial charge in [-0.15, -0.1) is 34.0 Å². The van der Waals surface area contributed by atoms with Crippen molar-refractivity contribution < 1.29 is 0 Å². The number of thiophene rings is 3. The van der Waals surface area contributed by atoms with Gasteiger partial charge >= 0.3 is 0 Å². The van der Waals surface area contributed by atoms with Gasteiger partial charge in [0, 0.05) is 197 Å². The second-order valence-electron chi connectivity index (χ2n) is 33.0. The highest BCUT2D eigenvalue weighted by Gasteiger charge is 2.29. The van der Waals surface area contributed by atoms with Crippen LogP contribution < -0.4 is 0 Å². The number of rotatable bonds is 10. The highest BCUT2D eigenvalue weighted by Crippen LogP contribution is 2.53. The fraction of sp³-hybridized carbons (Fsp3) is 0. The van der Waals surface area contributed by atoms with Crippen LogP contribution in [0.5, 0.6) is 0 Å². The van der Waals surface area contributed by atoms with E-state index in [0.717, 1.165) is 95.5 Å². The molecule has 16 aromatic carbocycles. The molecule has 0 bridgehead atoms. The minimum Gasteiger partial charge on any atom is -0.309 e. The minimum absolute atomic E-state index is 0.659. The van der Waals surface area contributed by atoms with E-state index in [9.17, 15) is 0 Å². The van der Waals surface area contributed by atoms with Gasteiger partial charge in [0.25, 0.3) is 0 Å². The number of fused-ring (bicyclic) bond motifs is 30. The molecule has 616 valence electrons. The molecule has 0 fully saturated rings. The van der Waals surface area contributed by atoms with Crippen molar-refractivity contribution >= 4 is 192 Å². The van der Waals surface area contributed by atoms with E-state index >= 15 is 0 Å². The van der Waals surface area contributed by atoms with Crippen molar-refractivity contribution in [2.75, 3.05) is 0 Å². The average molecular weight is 1740 g/mol. The molecular weight excluding hydrogens is 1670 g/mol. The zero-order valence-electron chi connectivity index (χ0n) is 70.5. The first-order valence-electron chi connectivity index (χ1n) is 43.9. The summed E-state index contributed by atoms with van der Waals surface area (Å²) in [6.07, 6.45) is 11.8. The van der Waals surface area contributed by atoms with Crippen molar-refractivity contribution in [2.24, 2.45) is 0 Å². The van der Waals surface area contributed by atoms with Gasteiger partial charge in [-0.25, -0.2) is 29.9 Å². The molecule has 0 unspecified atom stereocenters. The molecular formula is C117H70N12S3. The van der Waals surface area contributed by atoms with Gasteiger partial charge in [-0.05, 0) is 95.0 Å². The lowest BCUT2D eigenvalue weighted by atomic mass is 10.0. The van der Waals surface area contributed by atoms with Crippen LogP contribution in [0.1, 0.15) is 0 Å². The van der Waals surface area contributed by atoms with Gasteiger partial charge in [0.2, 0.25) is 5.95 Å². The van der Waals surface area contributed by atoms with Gasteiger partial charge in [0.15, 0.2) is 11.6 Å². The molecule has 0 saturated heterocycles. The number of hydrogen-bond donors (Lipinski definition) is 0. The van der Waals surface area contributed by atoms with Crippen LogP contribution in [0.3, 0.4) is 0 Å². The summed E-state index contributed by atoms with van der Waals surface area (Å²) in [6, 6.07) is 136. The first kappa shape index (κ1) is 76.3. The Balaban J connectivity index is 0.000000104. The molecule has 15 heteroatoms. The summed E-state index contributed by atoms with van der Waals surface area (Å²) in [5.74, 6) is 2.92. The van der Waals surface area contributed by atoms with E-state index in [2.05, 4.69) is 344 Å². The molecule has 0 saturated carbocycles. The monoisotopic (exact) mass is 1740 g/mol. The summed E-state index contributed by atoms with van der Waals surface area (Å²) in [6.45, 7) is 0. The van der Waals surface area contributed by atoms with Gasteiger partial charge < -0.3 is 4.57 Å². The number of para-hydroxylation sites is 3. The van der Waals surface area contributed by atoms with Crippen LogP contribution in [0.15, 0.2) is 425 Å². The van der Waals surface area contributed by atoms with Crippen LogP contribution in [0.25, 0.3) is 255 Å². The predicted molar refractivity (Wildman–Crippen MR) is 552 cm³/mol. The predicted octanol–water partition coefficient (Wildman–Crippen LogP) is 31.1. The number of nitrogens with zero attached hydrogens (tertiary/aromatic N) is 12. The van der Waals surface area contributed by atoms with Gasteiger partial charge in [0.05, 0.1) is 61.6 Å². The molecule has 0 atom stereocenters. The summed E-state index contributed by atoms with van der Waals surface area (Å²) in [4.78, 5) is 44.6. The fourth-order valence-electron chi connectivity index (χ4n) is 19.7. The average Bonchev–Trinajstić information content (AvgIpc) is 1.54. The Morgan fingerprint density at radius 1 is 0.197 bits per heavy atom. The summed E-state index contributed by atoms with van der Waals surface area (Å²) >= 11 is 5.51. The van der Waals surface area contributed by atoms with Crippen LogP contribution in [0, 0.1) is 0 Å². The molecule has 0 aliphatic carbocycles. The van der Waals surface area contributed by atoms with Gasteiger partial charge in [0.1, 0.15) is 5.82 Å². The van der Waals surface area contributed by atoms with Crippen molar-refractivity contribution in [1.29, 1.82) is 0 Å². The zero-order chi connectivity index (χ0) is 86.9. The highest BCUT2D eigenvalue weighted by atomic mass is 32.1. The molecule has 0 aliphatic heterocycles. The molecule has 12 heterocycles. The number of benzene rings is 16. The molecule has 0 spiro atoms. The van der Waals surface area contributed by atoms with E-state index in [0.29, 0.717) is 17.6 Å². The Bertz CT molecular complexity index is 8940. The van der Waals surface area contributed by atoms with Crippen LogP contribution in [0.2, 0.25) is 0 Å². The summed E-state index contributed by atoms with van der Waals surface area (Å²) in [7, 11) is 0. The largest absolute Gasteiger partial charge is 0.309 e. The van der Waals surface area contributed by atoms with E-state index in [4.69, 9.17) is 29.9 Å². The molecule has 0 aliphatic rings. The topological polar surface area (TPSA) is 131 Å². The molecule has 12 aromatic heterocycles. The first-order valence-corrected chi connectivity index (χ1v) is 46.4. The third-order valence-corrected chi connectivity index (χ3v) is 29.1. The second kappa shape index (κ2) is 31.5. The van der Waals surface area contributed by atoms with E-state index in [-0.39, 0.29) is 0 Å². The Hall–Kier alpha value is -17.0. The van der Waals surface area contributed by atoms with E-state index in [1.54, 1.807) is 0 Å². The number of aromatic nitrogens is 12. The number of hydrogen-bond acceptors (Lipinski definition) is 12. The minimum atomic E-state index is 0.659. The van der Waals surface area contributed by atoms with Crippen LogP contribution in [-0.2, 0) is 0 Å². The van der Waals surface area contributed by atoms with Crippen molar-refractivity contribution in [1.82, 2.24) is 58.6 Å². The fourth-order valence-corrected chi connectivity index (χ4v) is 23.4. The van der Waals surface area contributed by atoms with Crippen molar-refractivity contribution in [2.45, 2.75) is 0 Å². The van der Waals surface area contributed by atoms with Gasteiger partial charge in [-0.3, -0.25) is 24.1 Å². The van der Waals surface area contributed by atoms with Crippen LogP contribution in [-0.4, -0.2) is 58.6 Å². The first-order chi connectivity index (χ1) is 65.5. The Morgan fingerprint density at radius 2 is 0.485 bits per heavy atom. The molecule has 0 amide bonds. The van der Waals surface area contributed by atoms with E-state index in [1.807, 2.05) is 144 Å². The van der Waals surface area contributed by atoms with Gasteiger partial charge in [-0.1, -0.05) is 303 Å². The Labute approximate surface area is 767 Å². The third-order valence-electron chi connectivity index (χ3n) is 25.5. The second-order valence-corrected chi connectivity index (χ2v) is 36.1. The maximum Gasteiger partial charge on any atom is 0.235 e. The van der Waals surface area contributed by atoms with Crippen molar-refractivity contribution in [3.05, 3.63) is 425 Å². The summed E-state index contributed by atoms with van der Waals surface area (Å²) in [5.41, 5.74) is 19.7. The highest BCUT2D eigenvalue weighted by molar-refractivity contribution is 7.28. The quantitative estimate of drug-likeness (QED) is 0.131. The van der Waals surface area contributed by atoms with Crippen molar-refractivity contribution in [3.8, 4) is 96.5 Å². The molecule has 12 nitrogen and oxygen atoms in total. The molecule has 28 rings (SSSR count). The maximum atomic E-state index is 5.27. The SMILES string of the molecule is c1ccc(-c2cc(-c3ccc(-n4c5ccccc5c5c6ccncc6c6sc7ccccc7c6c54)cc3)nc(-c3ccccc3)n2)cc1.c1ccc(-c2cc(-c3ccccc3)nc(-n3c4ccccc4c4c5ccncc5c5sc6ccccc6c5c43)n2)cc1.c1ccc(-c2cc(-n3c4ccccc4c4c5ccncc5c5sc6ccccc6c5c43)nc(-c3ccccc3)n2)cc1. The lowest BCUT2D eigenvalue weighted by molar-refractivity contribution is 0.998. The standard InChI is InChI=1S/C43H26N4S.2C37H22N4S/c1-3-11-27(12-4-1)35-25-36(46-43(45-35)29-13-5-2-6-14-29)28-19-21-30(22-20-28)47-37-17-9-7-15-32(37)39-31-23-24-44-26-34(31)42-40(41(39)47)33-16-8-10-18-38(33)48-42;1-3-11-23(12-4-1)29-21-30(24-13-5-2-6-14-24)40-37(39-29)41-31-17-9-7-15-26(31)33-25-19-20-38-22-28(25)36-34(35(33)41)27-16-8-10-18-32(27)42-36;1-3-11-23(12-4-1)29-21-32(40-37(39-29)24-13-5-2-6-14-24)41-30-17-9-7-15-26(30)33-25-19-20-38-22-28(25)36-34(35(33)41)27-16-8-10-18-31(27)42-36/h1-26H;2*1-22H. The molecule has 0 radical (unpaired) electrons. The molecule has 28 aromatic rings. The lowest BCUT2D eigenvalue weighted by Gasteiger charge is -2.13. The van der Waals surface area contributed by atoms with Crippen LogP contribution >= 0.6 is 34.0 Å². The summed E-state index contributed by atoms with van der Waals surface area (Å²) in [5, 5.41) is 22.0. The maximum absolute atomic E-state index is 5.27. The van der Waals surface area contributed by atoms with E-state index in [1.165, 1.54) is 142 Å². The van der Waals surface area contributed by atoms with Crippen LogP contribution in [0.4, 0.5) is 0 Å². The Kier molecular flexibility index (Phi) is 18.2. The smallest absolute Gasteiger partial charge is 0.235 e. The van der Waals surface area contributed by atoms with Crippen molar-refractivity contribution in [3.63, 3.8) is 0 Å². The number of pyridine rings is 3. The zero-order valence-corrected chi connectivity index (χ0v) is 73.0. The van der Waals surface area contributed by atoms with Gasteiger partial charge in [-0.2, -0.15) is 0 Å².